The second kappa shape index (κ2) is 5.30. The van der Waals surface area contributed by atoms with E-state index in [1.165, 1.54) is 12.1 Å². The van der Waals surface area contributed by atoms with Gasteiger partial charge in [-0.15, -0.1) is 0 Å². The van der Waals surface area contributed by atoms with Crippen molar-refractivity contribution < 1.29 is 17.6 Å². The first-order chi connectivity index (χ1) is 6.59. The van der Waals surface area contributed by atoms with Crippen molar-refractivity contribution in [1.29, 1.82) is 0 Å². The topological polar surface area (TPSA) is 0 Å². The number of benzene rings is 1. The third-order valence-electron chi connectivity index (χ3n) is 1.46. The van der Waals surface area contributed by atoms with E-state index in [4.69, 9.17) is 0 Å². The van der Waals surface area contributed by atoms with Gasteiger partial charge in [0.2, 0.25) is 12.1 Å². The fraction of sp³-hybridized carbons (Fsp3) is 0.250. The Morgan fingerprint density at radius 1 is 0.786 bits per heavy atom. The largest absolute Gasteiger partial charge is 0.222 e. The summed E-state index contributed by atoms with van der Waals surface area (Å²) in [6.07, 6.45) is 0. The number of alkyl halides is 4. The van der Waals surface area contributed by atoms with Gasteiger partial charge in [0.05, 0.1) is 0 Å². The molecule has 0 heterocycles. The summed E-state index contributed by atoms with van der Waals surface area (Å²) in [6.45, 7) is 0. The van der Waals surface area contributed by atoms with Crippen molar-refractivity contribution in [1.82, 2.24) is 0 Å². The second-order valence-corrected chi connectivity index (χ2v) is 4.96. The zero-order valence-corrected chi connectivity index (χ0v) is 8.98. The zero-order chi connectivity index (χ0) is 10.6. The number of hydrogen-bond donors (Lipinski definition) is 0. The van der Waals surface area contributed by atoms with Gasteiger partial charge in [0.1, 0.15) is 0 Å². The molecule has 4 radical (unpaired) electrons. The van der Waals surface area contributed by atoms with Crippen LogP contribution in [0.1, 0.15) is 0 Å². The lowest BCUT2D eigenvalue weighted by Crippen LogP contribution is -2.40. The summed E-state index contributed by atoms with van der Waals surface area (Å²) in [7, 11) is -1.40. The molecule has 1 aromatic rings. The fourth-order valence-electron chi connectivity index (χ4n) is 0.970. The maximum absolute atomic E-state index is 12.1. The lowest BCUT2D eigenvalue weighted by Gasteiger charge is -2.06. The van der Waals surface area contributed by atoms with Crippen LogP contribution in [0.15, 0.2) is 24.3 Å². The minimum atomic E-state index is -2.46. The maximum atomic E-state index is 12.1. The van der Waals surface area contributed by atoms with Gasteiger partial charge < -0.3 is 0 Å². The highest BCUT2D eigenvalue weighted by atomic mass is 28.2. The molecule has 0 aliphatic heterocycles. The van der Waals surface area contributed by atoms with Gasteiger partial charge in [0.25, 0.3) is 0 Å². The van der Waals surface area contributed by atoms with Crippen LogP contribution >= 0.6 is 0 Å². The van der Waals surface area contributed by atoms with E-state index in [-0.39, 0.29) is 0 Å². The summed E-state index contributed by atoms with van der Waals surface area (Å²) in [5.74, 6) is 0. The Balaban J connectivity index is 2.80. The molecule has 0 aromatic heterocycles. The minimum Gasteiger partial charge on any atom is -0.216 e. The first-order valence-corrected chi connectivity index (χ1v) is 5.93. The summed E-state index contributed by atoms with van der Waals surface area (Å²) < 4.78 is 48.3. The molecule has 0 atom stereocenters. The van der Waals surface area contributed by atoms with Crippen LogP contribution in [0.2, 0.25) is 0 Å². The molecule has 1 aromatic carbocycles. The summed E-state index contributed by atoms with van der Waals surface area (Å²) in [4.78, 5) is 0. The van der Waals surface area contributed by atoms with Gasteiger partial charge in [-0.1, -0.05) is 34.6 Å². The molecule has 0 saturated heterocycles. The summed E-state index contributed by atoms with van der Waals surface area (Å²) in [6, 6.07) is 1.22. The Bertz CT molecular complexity index is 261. The zero-order valence-electron chi connectivity index (χ0n) is 6.98. The van der Waals surface area contributed by atoms with Gasteiger partial charge in [-0.05, 0) is 0 Å². The third kappa shape index (κ3) is 3.63. The van der Waals surface area contributed by atoms with Crippen molar-refractivity contribution >= 4 is 29.4 Å². The molecule has 74 valence electrons. The van der Waals surface area contributed by atoms with Crippen LogP contribution in [0.25, 0.3) is 0 Å². The molecule has 0 fully saturated rings. The molecular formula is C8H6F4Si2. The maximum Gasteiger partial charge on any atom is 0.222 e. The van der Waals surface area contributed by atoms with Gasteiger partial charge in [-0.25, -0.2) is 17.6 Å². The van der Waals surface area contributed by atoms with E-state index in [0.717, 1.165) is 0 Å². The molecule has 1 rings (SSSR count). The standard InChI is InChI=1S/C8H6F4Si2/c9-7(10)13-5-3-1-2-4-6(5)14-8(11)12/h1-4,7-8H. The number of rotatable bonds is 4. The van der Waals surface area contributed by atoms with E-state index in [2.05, 4.69) is 0 Å². The van der Waals surface area contributed by atoms with Crippen LogP contribution in [0, 0.1) is 0 Å². The van der Waals surface area contributed by atoms with Crippen LogP contribution in [-0.4, -0.2) is 31.1 Å². The number of halogens is 4. The van der Waals surface area contributed by atoms with Crippen molar-refractivity contribution in [3.05, 3.63) is 24.3 Å². The van der Waals surface area contributed by atoms with E-state index < -0.39 is 31.1 Å². The summed E-state index contributed by atoms with van der Waals surface area (Å²) in [5.41, 5.74) is 0. The highest BCUT2D eigenvalue weighted by molar-refractivity contribution is 6.67. The Labute approximate surface area is 84.0 Å². The van der Waals surface area contributed by atoms with E-state index >= 15 is 0 Å². The Kier molecular flexibility index (Phi) is 4.34. The number of hydrogen-bond acceptors (Lipinski definition) is 0. The van der Waals surface area contributed by atoms with Crippen molar-refractivity contribution in [3.8, 4) is 0 Å². The van der Waals surface area contributed by atoms with Gasteiger partial charge in [0.15, 0.2) is 19.0 Å². The first kappa shape index (κ1) is 11.4. The van der Waals surface area contributed by atoms with Gasteiger partial charge >= 0.3 is 0 Å². The third-order valence-corrected chi connectivity index (χ3v) is 3.64. The van der Waals surface area contributed by atoms with E-state index in [0.29, 0.717) is 10.4 Å². The quantitative estimate of drug-likeness (QED) is 0.534. The fourth-order valence-corrected chi connectivity index (χ4v) is 2.74. The molecule has 0 spiro atoms. The molecular weight excluding hydrogens is 228 g/mol. The average molecular weight is 234 g/mol. The molecule has 14 heavy (non-hydrogen) atoms. The van der Waals surface area contributed by atoms with E-state index in [9.17, 15) is 17.6 Å². The Hall–Kier alpha value is -0.626. The normalized spacial score (nSPS) is 11.3. The molecule has 0 aliphatic rings. The molecule has 0 saturated carbocycles. The summed E-state index contributed by atoms with van der Waals surface area (Å²) in [5, 5.41) is 0.697. The highest BCUT2D eigenvalue weighted by Crippen LogP contribution is 1.92. The lowest BCUT2D eigenvalue weighted by atomic mass is 10.4. The van der Waals surface area contributed by atoms with Crippen molar-refractivity contribution in [2.45, 2.75) is 12.1 Å². The highest BCUT2D eigenvalue weighted by Gasteiger charge is 2.14. The first-order valence-electron chi connectivity index (χ1n) is 3.78. The van der Waals surface area contributed by atoms with Crippen LogP contribution in [0.5, 0.6) is 0 Å². The smallest absolute Gasteiger partial charge is 0.216 e. The van der Waals surface area contributed by atoms with Crippen LogP contribution in [0.4, 0.5) is 17.6 Å². The van der Waals surface area contributed by atoms with E-state index in [1.54, 1.807) is 12.1 Å². The molecule has 0 bridgehead atoms. The second-order valence-electron chi connectivity index (χ2n) is 2.44. The lowest BCUT2D eigenvalue weighted by molar-refractivity contribution is 0.238. The average Bonchev–Trinajstić information content (AvgIpc) is 2.06. The monoisotopic (exact) mass is 234 g/mol. The molecule has 0 N–H and O–H groups in total. The Morgan fingerprint density at radius 2 is 1.14 bits per heavy atom. The minimum absolute atomic E-state index is 0.348. The van der Waals surface area contributed by atoms with Gasteiger partial charge in [-0.3, -0.25) is 0 Å². The van der Waals surface area contributed by atoms with Crippen LogP contribution in [0.3, 0.4) is 0 Å². The Morgan fingerprint density at radius 3 is 1.43 bits per heavy atom. The summed E-state index contributed by atoms with van der Waals surface area (Å²) >= 11 is 0. The van der Waals surface area contributed by atoms with Gasteiger partial charge in [0, 0.05) is 0 Å². The van der Waals surface area contributed by atoms with Crippen molar-refractivity contribution in [3.63, 3.8) is 0 Å². The van der Waals surface area contributed by atoms with Crippen molar-refractivity contribution in [2.75, 3.05) is 0 Å². The molecule has 0 nitrogen and oxygen atoms in total. The molecule has 0 unspecified atom stereocenters. The van der Waals surface area contributed by atoms with Crippen molar-refractivity contribution in [2.24, 2.45) is 0 Å². The SMILES string of the molecule is FC(F)[Si]c1ccccc1[Si]C(F)F. The predicted octanol–water partition coefficient (Wildman–Crippen LogP) is 0.791. The van der Waals surface area contributed by atoms with Crippen LogP contribution in [-0.2, 0) is 0 Å². The molecule has 0 aliphatic carbocycles. The van der Waals surface area contributed by atoms with Crippen LogP contribution < -0.4 is 10.4 Å². The van der Waals surface area contributed by atoms with E-state index in [1.807, 2.05) is 0 Å². The molecule has 0 amide bonds. The predicted molar refractivity (Wildman–Crippen MR) is 49.2 cm³/mol. The molecule has 6 heteroatoms. The van der Waals surface area contributed by atoms with Gasteiger partial charge in [-0.2, -0.15) is 0 Å².